The molecule has 88 valence electrons. The lowest BCUT2D eigenvalue weighted by molar-refractivity contribution is -0.113. The minimum Gasteiger partial charge on any atom is -0.508 e. The molecule has 0 radical (unpaired) electrons. The molecular weight excluding hydrogens is 304 g/mol. The Balaban J connectivity index is 2.21. The first kappa shape index (κ1) is 12.1. The Labute approximate surface area is 110 Å². The number of phenols is 1. The molecule has 0 fully saturated rings. The van der Waals surface area contributed by atoms with Crippen molar-refractivity contribution < 1.29 is 9.90 Å². The number of carbonyl (C=O) groups excluding carboxylic acids is 1. The minimum atomic E-state index is -0.137. The highest BCUT2D eigenvalue weighted by Crippen LogP contribution is 2.26. The van der Waals surface area contributed by atoms with Crippen molar-refractivity contribution in [3.63, 3.8) is 0 Å². The molecule has 4 nitrogen and oxygen atoms in total. The third-order valence-corrected chi connectivity index (χ3v) is 3.28. The number of thiazole rings is 1. The summed E-state index contributed by atoms with van der Waals surface area (Å²) in [4.78, 5) is 15.4. The number of carbonyl (C=O) groups is 1. The molecule has 1 heterocycles. The summed E-state index contributed by atoms with van der Waals surface area (Å²) in [5.74, 6) is 0.0587. The Bertz CT molecular complexity index is 542. The molecule has 0 bridgehead atoms. The fraction of sp³-hybridized carbons (Fsp3) is 0.0909. The zero-order valence-electron chi connectivity index (χ0n) is 8.68. The highest BCUT2D eigenvalue weighted by Gasteiger charge is 2.07. The predicted octanol–water partition coefficient (Wildman–Crippen LogP) is 2.85. The smallest absolute Gasteiger partial charge is 0.236 e. The highest BCUT2D eigenvalue weighted by atomic mass is 79.9. The zero-order valence-corrected chi connectivity index (χ0v) is 11.1. The van der Waals surface area contributed by atoms with Crippen LogP contribution in [-0.4, -0.2) is 21.3 Å². The van der Waals surface area contributed by atoms with Gasteiger partial charge < -0.3 is 10.4 Å². The van der Waals surface area contributed by atoms with Crippen molar-refractivity contribution >= 4 is 38.3 Å². The largest absolute Gasteiger partial charge is 0.508 e. The van der Waals surface area contributed by atoms with Gasteiger partial charge in [-0.1, -0.05) is 28.1 Å². The van der Waals surface area contributed by atoms with Crippen LogP contribution in [0.4, 0.5) is 5.13 Å². The summed E-state index contributed by atoms with van der Waals surface area (Å²) in [7, 11) is 0. The molecule has 0 unspecified atom stereocenters. The van der Waals surface area contributed by atoms with Gasteiger partial charge in [0.1, 0.15) is 5.75 Å². The Morgan fingerprint density at radius 2 is 2.35 bits per heavy atom. The molecule has 6 heteroatoms. The van der Waals surface area contributed by atoms with E-state index < -0.39 is 0 Å². The van der Waals surface area contributed by atoms with E-state index in [9.17, 15) is 9.90 Å². The number of nitrogens with zero attached hydrogens (tertiary/aromatic N) is 1. The molecule has 17 heavy (non-hydrogen) atoms. The van der Waals surface area contributed by atoms with Crippen LogP contribution in [0.5, 0.6) is 5.75 Å². The van der Waals surface area contributed by atoms with Crippen LogP contribution in [0.3, 0.4) is 0 Å². The number of halogens is 1. The summed E-state index contributed by atoms with van der Waals surface area (Å²) >= 11 is 4.41. The van der Waals surface area contributed by atoms with Crippen molar-refractivity contribution in [3.8, 4) is 17.0 Å². The molecule has 2 rings (SSSR count). The molecule has 0 aliphatic heterocycles. The van der Waals surface area contributed by atoms with Crippen molar-refractivity contribution in [2.75, 3.05) is 10.6 Å². The van der Waals surface area contributed by atoms with E-state index in [0.717, 1.165) is 11.3 Å². The summed E-state index contributed by atoms with van der Waals surface area (Å²) in [6.45, 7) is 0. The predicted molar refractivity (Wildman–Crippen MR) is 71.6 cm³/mol. The van der Waals surface area contributed by atoms with Crippen LogP contribution in [0.15, 0.2) is 29.6 Å². The van der Waals surface area contributed by atoms with Gasteiger partial charge in [0.2, 0.25) is 5.91 Å². The number of nitrogens with one attached hydrogen (secondary N) is 1. The Morgan fingerprint density at radius 1 is 1.53 bits per heavy atom. The number of anilines is 1. The first-order valence-corrected chi connectivity index (χ1v) is 6.80. The topological polar surface area (TPSA) is 62.2 Å². The standard InChI is InChI=1S/C11H9BrN2O2S/c12-5-10(16)14-11-13-9(6-17-11)7-2-1-3-8(15)4-7/h1-4,6,15H,5H2,(H,13,14,16). The van der Waals surface area contributed by atoms with Crippen molar-refractivity contribution in [1.29, 1.82) is 0 Å². The van der Waals surface area contributed by atoms with Gasteiger partial charge in [0.25, 0.3) is 0 Å². The van der Waals surface area contributed by atoms with Crippen LogP contribution in [0, 0.1) is 0 Å². The second-order valence-corrected chi connectivity index (χ2v) is 4.69. The monoisotopic (exact) mass is 312 g/mol. The second-order valence-electron chi connectivity index (χ2n) is 3.27. The van der Waals surface area contributed by atoms with Gasteiger partial charge in [-0.2, -0.15) is 0 Å². The van der Waals surface area contributed by atoms with E-state index in [4.69, 9.17) is 0 Å². The fourth-order valence-corrected chi connectivity index (χ4v) is 2.16. The van der Waals surface area contributed by atoms with Gasteiger partial charge in [-0.25, -0.2) is 4.98 Å². The number of rotatable bonds is 3. The minimum absolute atomic E-state index is 0.137. The van der Waals surface area contributed by atoms with Crippen molar-refractivity contribution in [2.45, 2.75) is 0 Å². The molecule has 1 aromatic carbocycles. The quantitative estimate of drug-likeness (QED) is 0.857. The number of hydrogen-bond donors (Lipinski definition) is 2. The van der Waals surface area contributed by atoms with E-state index in [1.165, 1.54) is 11.3 Å². The van der Waals surface area contributed by atoms with Gasteiger partial charge in [0, 0.05) is 10.9 Å². The van der Waals surface area contributed by atoms with E-state index in [2.05, 4.69) is 26.2 Å². The molecular formula is C11H9BrN2O2S. The Kier molecular flexibility index (Phi) is 3.75. The summed E-state index contributed by atoms with van der Waals surface area (Å²) in [5.41, 5.74) is 1.55. The lowest BCUT2D eigenvalue weighted by Crippen LogP contribution is -2.11. The first-order valence-electron chi connectivity index (χ1n) is 4.80. The number of aromatic nitrogens is 1. The van der Waals surface area contributed by atoms with E-state index >= 15 is 0 Å². The average Bonchev–Trinajstić information content (AvgIpc) is 2.77. The lowest BCUT2D eigenvalue weighted by atomic mass is 10.2. The number of amides is 1. The molecule has 2 N–H and O–H groups in total. The number of aromatic hydroxyl groups is 1. The maximum Gasteiger partial charge on any atom is 0.236 e. The normalized spacial score (nSPS) is 10.2. The molecule has 1 aromatic heterocycles. The number of phenolic OH excluding ortho intramolecular Hbond substituents is 1. The van der Waals surface area contributed by atoms with Crippen LogP contribution < -0.4 is 5.32 Å². The van der Waals surface area contributed by atoms with Gasteiger partial charge in [0.15, 0.2) is 5.13 Å². The van der Waals surface area contributed by atoms with Gasteiger partial charge >= 0.3 is 0 Å². The van der Waals surface area contributed by atoms with Crippen LogP contribution in [-0.2, 0) is 4.79 Å². The van der Waals surface area contributed by atoms with E-state index in [0.29, 0.717) is 5.13 Å². The van der Waals surface area contributed by atoms with Gasteiger partial charge in [-0.05, 0) is 12.1 Å². The summed E-state index contributed by atoms with van der Waals surface area (Å²) in [5, 5.41) is 14.6. The molecule has 2 aromatic rings. The summed E-state index contributed by atoms with van der Waals surface area (Å²) in [6.07, 6.45) is 0. The fourth-order valence-electron chi connectivity index (χ4n) is 1.28. The molecule has 0 aliphatic carbocycles. The second kappa shape index (κ2) is 5.29. The van der Waals surface area contributed by atoms with Crippen LogP contribution in [0.1, 0.15) is 0 Å². The van der Waals surface area contributed by atoms with Gasteiger partial charge in [-0.15, -0.1) is 11.3 Å². The van der Waals surface area contributed by atoms with E-state index in [-0.39, 0.29) is 17.0 Å². The van der Waals surface area contributed by atoms with Crippen molar-refractivity contribution in [1.82, 2.24) is 4.98 Å². The van der Waals surface area contributed by atoms with Crippen molar-refractivity contribution in [2.24, 2.45) is 0 Å². The Hall–Kier alpha value is -1.40. The van der Waals surface area contributed by atoms with E-state index in [1.807, 2.05) is 11.4 Å². The Morgan fingerprint density at radius 3 is 3.06 bits per heavy atom. The lowest BCUT2D eigenvalue weighted by Gasteiger charge is -1.98. The number of hydrogen-bond acceptors (Lipinski definition) is 4. The highest BCUT2D eigenvalue weighted by molar-refractivity contribution is 9.09. The molecule has 0 aliphatic rings. The number of benzene rings is 1. The average molecular weight is 313 g/mol. The summed E-state index contributed by atoms with van der Waals surface area (Å²) in [6, 6.07) is 6.83. The first-order chi connectivity index (χ1) is 8.19. The molecule has 0 saturated heterocycles. The van der Waals surface area contributed by atoms with E-state index in [1.54, 1.807) is 18.2 Å². The SMILES string of the molecule is O=C(CBr)Nc1nc(-c2cccc(O)c2)cs1. The zero-order chi connectivity index (χ0) is 12.3. The van der Waals surface area contributed by atoms with Crippen LogP contribution >= 0.6 is 27.3 Å². The molecule has 0 spiro atoms. The van der Waals surface area contributed by atoms with Gasteiger partial charge in [-0.3, -0.25) is 4.79 Å². The molecule has 0 atom stereocenters. The maximum absolute atomic E-state index is 11.1. The van der Waals surface area contributed by atoms with Crippen molar-refractivity contribution in [3.05, 3.63) is 29.6 Å². The molecule has 1 amide bonds. The maximum atomic E-state index is 11.1. The summed E-state index contributed by atoms with van der Waals surface area (Å²) < 4.78 is 0. The van der Waals surface area contributed by atoms with Gasteiger partial charge in [0.05, 0.1) is 11.0 Å². The number of alkyl halides is 1. The third-order valence-electron chi connectivity index (χ3n) is 2.01. The third kappa shape index (κ3) is 3.04. The molecule has 0 saturated carbocycles. The van der Waals surface area contributed by atoms with Crippen LogP contribution in [0.2, 0.25) is 0 Å². The van der Waals surface area contributed by atoms with Crippen LogP contribution in [0.25, 0.3) is 11.3 Å².